The van der Waals surface area contributed by atoms with Crippen molar-refractivity contribution in [2.24, 2.45) is 0 Å². The van der Waals surface area contributed by atoms with Crippen LogP contribution in [0.1, 0.15) is 55.3 Å². The van der Waals surface area contributed by atoms with Crippen LogP contribution in [0.5, 0.6) is 0 Å². The van der Waals surface area contributed by atoms with Crippen LogP contribution >= 0.6 is 0 Å². The van der Waals surface area contributed by atoms with E-state index in [2.05, 4.69) is 10.6 Å². The Bertz CT molecular complexity index is 575. The van der Waals surface area contributed by atoms with Crippen molar-refractivity contribution in [3.05, 3.63) is 23.7 Å². The molecular formula is C16H22N2O5. The second-order valence-electron chi connectivity index (χ2n) is 5.76. The summed E-state index contributed by atoms with van der Waals surface area (Å²) < 4.78 is 10.1. The number of carbonyl (C=O) groups is 3. The van der Waals surface area contributed by atoms with Gasteiger partial charge in [-0.3, -0.25) is 10.1 Å². The maximum Gasteiger partial charge on any atom is 0.375 e. The average Bonchev–Trinajstić information content (AvgIpc) is 2.94. The fourth-order valence-corrected chi connectivity index (χ4v) is 2.50. The summed E-state index contributed by atoms with van der Waals surface area (Å²) in [5.41, 5.74) is 0. The molecule has 7 heteroatoms. The summed E-state index contributed by atoms with van der Waals surface area (Å²) in [6.07, 6.45) is 4.08. The minimum atomic E-state index is -1.09. The minimum Gasteiger partial charge on any atom is -0.454 e. The van der Waals surface area contributed by atoms with Crippen molar-refractivity contribution in [1.82, 2.24) is 10.6 Å². The highest BCUT2D eigenvalue weighted by Gasteiger charge is 2.23. The topological polar surface area (TPSA) is 97.6 Å². The summed E-state index contributed by atoms with van der Waals surface area (Å²) in [5.74, 6) is -0.821. The third-order valence-corrected chi connectivity index (χ3v) is 3.77. The molecule has 1 fully saturated rings. The van der Waals surface area contributed by atoms with E-state index in [0.717, 1.165) is 25.7 Å². The highest BCUT2D eigenvalue weighted by Crippen LogP contribution is 2.17. The molecule has 0 spiro atoms. The Kier molecular flexibility index (Phi) is 5.78. The van der Waals surface area contributed by atoms with Gasteiger partial charge in [0.2, 0.25) is 5.76 Å². The number of ether oxygens (including phenoxy) is 1. The Labute approximate surface area is 134 Å². The van der Waals surface area contributed by atoms with Crippen molar-refractivity contribution in [1.29, 1.82) is 0 Å². The molecule has 0 radical (unpaired) electrons. The maximum atomic E-state index is 11.9. The molecule has 2 rings (SSSR count). The summed E-state index contributed by atoms with van der Waals surface area (Å²) in [6, 6.07) is 2.64. The standard InChI is InChI=1S/C16H22N2O5/c1-10-8-9-13(22-10)15(20)23-11(2)14(19)18-16(21)17-12-6-4-3-5-7-12/h8-9,11-12H,3-7H2,1-2H3,(H2,17,18,19,21)/t11-/m0/s1. The van der Waals surface area contributed by atoms with E-state index in [1.807, 2.05) is 0 Å². The van der Waals surface area contributed by atoms with Gasteiger partial charge in [0.05, 0.1) is 0 Å². The molecule has 1 aliphatic carbocycles. The van der Waals surface area contributed by atoms with Gasteiger partial charge in [0.1, 0.15) is 5.76 Å². The molecule has 1 aromatic heterocycles. The Morgan fingerprint density at radius 2 is 1.91 bits per heavy atom. The van der Waals surface area contributed by atoms with Crippen molar-refractivity contribution in [2.45, 2.75) is 58.1 Å². The first-order chi connectivity index (χ1) is 11.0. The molecule has 7 nitrogen and oxygen atoms in total. The molecule has 0 aromatic carbocycles. The van der Waals surface area contributed by atoms with Gasteiger partial charge in [-0.05, 0) is 38.8 Å². The molecule has 1 aromatic rings. The van der Waals surface area contributed by atoms with Crippen molar-refractivity contribution >= 4 is 17.9 Å². The zero-order valence-corrected chi connectivity index (χ0v) is 13.4. The quantitative estimate of drug-likeness (QED) is 0.829. The monoisotopic (exact) mass is 322 g/mol. The summed E-state index contributed by atoms with van der Waals surface area (Å²) in [5, 5.41) is 4.96. The van der Waals surface area contributed by atoms with Crippen LogP contribution in [0.15, 0.2) is 16.5 Å². The van der Waals surface area contributed by atoms with E-state index in [-0.39, 0.29) is 11.8 Å². The van der Waals surface area contributed by atoms with Crippen molar-refractivity contribution in [3.63, 3.8) is 0 Å². The number of aryl methyl sites for hydroxylation is 1. The zero-order valence-electron chi connectivity index (χ0n) is 13.4. The number of rotatable bonds is 4. The van der Waals surface area contributed by atoms with E-state index in [0.29, 0.717) is 5.76 Å². The number of nitrogens with one attached hydrogen (secondary N) is 2. The van der Waals surface area contributed by atoms with Crippen LogP contribution in [0.3, 0.4) is 0 Å². The first-order valence-electron chi connectivity index (χ1n) is 7.84. The molecule has 1 heterocycles. The third kappa shape index (κ3) is 5.12. The molecular weight excluding hydrogens is 300 g/mol. The van der Waals surface area contributed by atoms with Crippen molar-refractivity contribution in [3.8, 4) is 0 Å². The van der Waals surface area contributed by atoms with E-state index in [4.69, 9.17) is 9.15 Å². The van der Waals surface area contributed by atoms with Gasteiger partial charge in [-0.2, -0.15) is 0 Å². The first-order valence-corrected chi connectivity index (χ1v) is 7.84. The second-order valence-corrected chi connectivity index (χ2v) is 5.76. The highest BCUT2D eigenvalue weighted by molar-refractivity contribution is 5.98. The normalized spacial score (nSPS) is 16.4. The molecule has 1 atom stereocenters. The SMILES string of the molecule is Cc1ccc(C(=O)O[C@@H](C)C(=O)NC(=O)NC2CCCCC2)o1. The van der Waals surface area contributed by atoms with Gasteiger partial charge in [-0.15, -0.1) is 0 Å². The number of hydrogen-bond acceptors (Lipinski definition) is 5. The summed E-state index contributed by atoms with van der Waals surface area (Å²) >= 11 is 0. The van der Waals surface area contributed by atoms with Gasteiger partial charge in [-0.1, -0.05) is 19.3 Å². The number of urea groups is 1. The van der Waals surface area contributed by atoms with Crippen molar-refractivity contribution < 1.29 is 23.5 Å². The number of imide groups is 1. The summed E-state index contributed by atoms with van der Waals surface area (Å²) in [4.78, 5) is 35.4. The lowest BCUT2D eigenvalue weighted by atomic mass is 9.96. The van der Waals surface area contributed by atoms with Gasteiger partial charge in [-0.25, -0.2) is 9.59 Å². The van der Waals surface area contributed by atoms with Gasteiger partial charge in [0.25, 0.3) is 5.91 Å². The van der Waals surface area contributed by atoms with E-state index in [1.165, 1.54) is 19.4 Å². The van der Waals surface area contributed by atoms with Gasteiger partial charge in [0.15, 0.2) is 6.10 Å². The van der Waals surface area contributed by atoms with E-state index in [1.54, 1.807) is 13.0 Å². The number of amides is 3. The van der Waals surface area contributed by atoms with Crippen LogP contribution in [0.4, 0.5) is 4.79 Å². The Morgan fingerprint density at radius 1 is 1.22 bits per heavy atom. The summed E-state index contributed by atoms with van der Waals surface area (Å²) in [7, 11) is 0. The van der Waals surface area contributed by atoms with Crippen LogP contribution in [-0.2, 0) is 9.53 Å². The first kappa shape index (κ1) is 17.1. The van der Waals surface area contributed by atoms with Gasteiger partial charge in [0, 0.05) is 6.04 Å². The number of carbonyl (C=O) groups excluding carboxylic acids is 3. The zero-order chi connectivity index (χ0) is 16.8. The predicted octanol–water partition coefficient (Wildman–Crippen LogP) is 2.29. The molecule has 0 saturated heterocycles. The molecule has 1 aliphatic rings. The van der Waals surface area contributed by atoms with Gasteiger partial charge < -0.3 is 14.5 Å². The Hall–Kier alpha value is -2.31. The molecule has 0 bridgehead atoms. The molecule has 0 unspecified atom stereocenters. The second kappa shape index (κ2) is 7.80. The average molecular weight is 322 g/mol. The molecule has 0 aliphatic heterocycles. The number of hydrogen-bond donors (Lipinski definition) is 2. The van der Waals surface area contributed by atoms with E-state index in [9.17, 15) is 14.4 Å². The molecule has 2 N–H and O–H groups in total. The lowest BCUT2D eigenvalue weighted by Gasteiger charge is -2.23. The largest absolute Gasteiger partial charge is 0.454 e. The molecule has 23 heavy (non-hydrogen) atoms. The third-order valence-electron chi connectivity index (χ3n) is 3.77. The fraction of sp³-hybridized carbons (Fsp3) is 0.562. The van der Waals surface area contributed by atoms with Crippen LogP contribution in [-0.4, -0.2) is 30.1 Å². The van der Waals surface area contributed by atoms with Crippen LogP contribution < -0.4 is 10.6 Å². The number of furan rings is 1. The summed E-state index contributed by atoms with van der Waals surface area (Å²) in [6.45, 7) is 3.10. The number of esters is 1. The highest BCUT2D eigenvalue weighted by atomic mass is 16.6. The lowest BCUT2D eigenvalue weighted by molar-refractivity contribution is -0.128. The van der Waals surface area contributed by atoms with Crippen LogP contribution in [0, 0.1) is 6.92 Å². The van der Waals surface area contributed by atoms with Crippen molar-refractivity contribution in [2.75, 3.05) is 0 Å². The maximum absolute atomic E-state index is 11.9. The molecule has 1 saturated carbocycles. The Morgan fingerprint density at radius 3 is 2.52 bits per heavy atom. The van der Waals surface area contributed by atoms with Crippen LogP contribution in [0.2, 0.25) is 0 Å². The van der Waals surface area contributed by atoms with E-state index >= 15 is 0 Å². The Balaban J connectivity index is 1.77. The fourth-order valence-electron chi connectivity index (χ4n) is 2.50. The molecule has 126 valence electrons. The smallest absolute Gasteiger partial charge is 0.375 e. The minimum absolute atomic E-state index is 0.0220. The van der Waals surface area contributed by atoms with Gasteiger partial charge >= 0.3 is 12.0 Å². The predicted molar refractivity (Wildman–Crippen MR) is 81.9 cm³/mol. The lowest BCUT2D eigenvalue weighted by Crippen LogP contribution is -2.48. The molecule has 3 amide bonds. The van der Waals surface area contributed by atoms with E-state index < -0.39 is 24.0 Å². The van der Waals surface area contributed by atoms with Crippen LogP contribution in [0.25, 0.3) is 0 Å².